The lowest BCUT2D eigenvalue weighted by Gasteiger charge is -2.07. The van der Waals surface area contributed by atoms with E-state index >= 15 is 0 Å². The predicted molar refractivity (Wildman–Crippen MR) is 87.6 cm³/mol. The van der Waals surface area contributed by atoms with Crippen LogP contribution in [0.25, 0.3) is 0 Å². The molecule has 22 heavy (non-hydrogen) atoms. The van der Waals surface area contributed by atoms with Crippen LogP contribution in [0.15, 0.2) is 17.1 Å². The fourth-order valence-electron chi connectivity index (χ4n) is 2.35. The summed E-state index contributed by atoms with van der Waals surface area (Å²) < 4.78 is 1.35. The third-order valence-corrected chi connectivity index (χ3v) is 5.37. The fourth-order valence-corrected chi connectivity index (χ4v) is 3.43. The van der Waals surface area contributed by atoms with E-state index in [1.807, 2.05) is 26.8 Å². The number of hydrogen-bond donors (Lipinski definition) is 1. The highest BCUT2D eigenvalue weighted by molar-refractivity contribution is 7.16. The summed E-state index contributed by atoms with van der Waals surface area (Å²) in [5, 5.41) is 3.75. The molecule has 0 atom stereocenters. The van der Waals surface area contributed by atoms with Gasteiger partial charge in [-0.05, 0) is 50.8 Å². The summed E-state index contributed by atoms with van der Waals surface area (Å²) in [4.78, 5) is 29.4. The van der Waals surface area contributed by atoms with Gasteiger partial charge in [0, 0.05) is 17.0 Å². The number of rotatable bonds is 4. The molecule has 2 aromatic heterocycles. The van der Waals surface area contributed by atoms with Crippen LogP contribution in [-0.4, -0.2) is 15.5 Å². The molecular formula is C16H19N3O2S. The molecule has 0 spiro atoms. The first-order valence-electron chi connectivity index (χ1n) is 7.39. The smallest absolute Gasteiger partial charge is 0.316 e. The van der Waals surface area contributed by atoms with Gasteiger partial charge in [-0.1, -0.05) is 0 Å². The number of aryl methyl sites for hydroxylation is 1. The maximum atomic E-state index is 12.1. The minimum atomic E-state index is -0.352. The SMILES string of the molecule is Cc1sc(NC(=O)Cn2ccc(C3CC3)nc2=O)c(C)c1C. The van der Waals surface area contributed by atoms with E-state index in [-0.39, 0.29) is 18.1 Å². The zero-order valence-electron chi connectivity index (χ0n) is 13.0. The van der Waals surface area contributed by atoms with Crippen LogP contribution in [0.4, 0.5) is 5.00 Å². The van der Waals surface area contributed by atoms with Gasteiger partial charge < -0.3 is 5.32 Å². The molecule has 0 aliphatic heterocycles. The third-order valence-electron chi connectivity index (χ3n) is 4.14. The Morgan fingerprint density at radius 3 is 2.64 bits per heavy atom. The van der Waals surface area contributed by atoms with Crippen molar-refractivity contribution >= 4 is 22.2 Å². The van der Waals surface area contributed by atoms with Gasteiger partial charge in [0.25, 0.3) is 0 Å². The molecule has 0 aromatic carbocycles. The minimum Gasteiger partial charge on any atom is -0.316 e. The summed E-state index contributed by atoms with van der Waals surface area (Å²) in [5.41, 5.74) is 2.79. The van der Waals surface area contributed by atoms with Crippen LogP contribution in [0.1, 0.15) is 40.5 Å². The normalized spacial score (nSPS) is 14.1. The first-order valence-corrected chi connectivity index (χ1v) is 8.21. The number of thiophene rings is 1. The molecule has 2 aromatic rings. The van der Waals surface area contributed by atoms with Crippen LogP contribution in [0.5, 0.6) is 0 Å². The summed E-state index contributed by atoms with van der Waals surface area (Å²) in [6, 6.07) is 1.84. The Morgan fingerprint density at radius 2 is 2.09 bits per heavy atom. The van der Waals surface area contributed by atoms with Gasteiger partial charge >= 0.3 is 5.69 Å². The lowest BCUT2D eigenvalue weighted by atomic mass is 10.2. The summed E-state index contributed by atoms with van der Waals surface area (Å²) in [7, 11) is 0. The molecule has 0 bridgehead atoms. The van der Waals surface area contributed by atoms with Crippen molar-refractivity contribution in [2.24, 2.45) is 0 Å². The Morgan fingerprint density at radius 1 is 1.36 bits per heavy atom. The summed E-state index contributed by atoms with van der Waals surface area (Å²) in [6.45, 7) is 6.06. The molecule has 1 aliphatic carbocycles. The van der Waals surface area contributed by atoms with Crippen molar-refractivity contribution in [3.05, 3.63) is 44.4 Å². The Labute approximate surface area is 133 Å². The summed E-state index contributed by atoms with van der Waals surface area (Å²) in [5.74, 6) is 0.239. The number of amides is 1. The van der Waals surface area contributed by atoms with Crippen molar-refractivity contribution in [2.75, 3.05) is 5.32 Å². The van der Waals surface area contributed by atoms with Crippen molar-refractivity contribution in [3.63, 3.8) is 0 Å². The second-order valence-electron chi connectivity index (χ2n) is 5.82. The van der Waals surface area contributed by atoms with E-state index in [9.17, 15) is 9.59 Å². The number of carbonyl (C=O) groups excluding carboxylic acids is 1. The van der Waals surface area contributed by atoms with Gasteiger partial charge in [0.15, 0.2) is 0 Å². The fraction of sp³-hybridized carbons (Fsp3) is 0.438. The number of nitrogens with one attached hydrogen (secondary N) is 1. The van der Waals surface area contributed by atoms with Gasteiger partial charge in [0.1, 0.15) is 6.54 Å². The molecule has 0 unspecified atom stereocenters. The number of carbonyl (C=O) groups is 1. The molecule has 116 valence electrons. The summed E-state index contributed by atoms with van der Waals surface area (Å²) >= 11 is 1.56. The van der Waals surface area contributed by atoms with E-state index in [0.717, 1.165) is 29.1 Å². The van der Waals surface area contributed by atoms with Crippen LogP contribution >= 0.6 is 11.3 Å². The molecule has 0 radical (unpaired) electrons. The van der Waals surface area contributed by atoms with Crippen LogP contribution in [0.2, 0.25) is 0 Å². The molecule has 1 amide bonds. The van der Waals surface area contributed by atoms with Crippen molar-refractivity contribution in [1.82, 2.24) is 9.55 Å². The molecule has 1 aliphatic rings. The number of anilines is 1. The van der Waals surface area contributed by atoms with E-state index in [1.54, 1.807) is 17.5 Å². The Balaban J connectivity index is 1.71. The van der Waals surface area contributed by atoms with E-state index in [2.05, 4.69) is 10.3 Å². The first-order chi connectivity index (χ1) is 10.5. The second kappa shape index (κ2) is 5.68. The van der Waals surface area contributed by atoms with Gasteiger partial charge in [-0.25, -0.2) is 4.79 Å². The maximum Gasteiger partial charge on any atom is 0.348 e. The minimum absolute atomic E-state index is 0.00772. The van der Waals surface area contributed by atoms with Crippen molar-refractivity contribution in [2.45, 2.75) is 46.1 Å². The van der Waals surface area contributed by atoms with E-state index in [0.29, 0.717) is 5.92 Å². The zero-order chi connectivity index (χ0) is 15.9. The van der Waals surface area contributed by atoms with Crippen molar-refractivity contribution < 1.29 is 4.79 Å². The van der Waals surface area contributed by atoms with Crippen LogP contribution in [0, 0.1) is 20.8 Å². The van der Waals surface area contributed by atoms with Crippen LogP contribution < -0.4 is 11.0 Å². The second-order valence-corrected chi connectivity index (χ2v) is 7.05. The lowest BCUT2D eigenvalue weighted by Crippen LogP contribution is -2.29. The third kappa shape index (κ3) is 2.97. The first kappa shape index (κ1) is 15.0. The molecule has 1 N–H and O–H groups in total. The van der Waals surface area contributed by atoms with Crippen LogP contribution in [-0.2, 0) is 11.3 Å². The van der Waals surface area contributed by atoms with Gasteiger partial charge in [0.2, 0.25) is 5.91 Å². The topological polar surface area (TPSA) is 64.0 Å². The number of hydrogen-bond acceptors (Lipinski definition) is 4. The maximum absolute atomic E-state index is 12.1. The van der Waals surface area contributed by atoms with Crippen molar-refractivity contribution in [1.29, 1.82) is 0 Å². The van der Waals surface area contributed by atoms with Gasteiger partial charge in [-0.3, -0.25) is 9.36 Å². The monoisotopic (exact) mass is 317 g/mol. The molecule has 3 rings (SSSR count). The number of nitrogens with zero attached hydrogens (tertiary/aromatic N) is 2. The standard InChI is InChI=1S/C16H19N3O2S/c1-9-10(2)15(22-11(9)3)18-14(20)8-19-7-6-13(12-4-5-12)17-16(19)21/h6-7,12H,4-5,8H2,1-3H3,(H,18,20). The van der Waals surface area contributed by atoms with Gasteiger partial charge in [-0.2, -0.15) is 4.98 Å². The average Bonchev–Trinajstić information content (AvgIpc) is 3.28. The Kier molecular flexibility index (Phi) is 3.87. The lowest BCUT2D eigenvalue weighted by molar-refractivity contribution is -0.116. The van der Waals surface area contributed by atoms with Crippen molar-refractivity contribution in [3.8, 4) is 0 Å². The largest absolute Gasteiger partial charge is 0.348 e. The highest BCUT2D eigenvalue weighted by atomic mass is 32.1. The van der Waals surface area contributed by atoms with Gasteiger partial charge in [-0.15, -0.1) is 11.3 Å². The molecule has 2 heterocycles. The zero-order valence-corrected chi connectivity index (χ0v) is 13.8. The molecule has 1 fully saturated rings. The molecule has 5 nitrogen and oxygen atoms in total. The van der Waals surface area contributed by atoms with E-state index in [4.69, 9.17) is 0 Å². The number of aromatic nitrogens is 2. The van der Waals surface area contributed by atoms with E-state index in [1.165, 1.54) is 15.0 Å². The van der Waals surface area contributed by atoms with Crippen LogP contribution in [0.3, 0.4) is 0 Å². The molecule has 6 heteroatoms. The Hall–Kier alpha value is -1.95. The highest BCUT2D eigenvalue weighted by Gasteiger charge is 2.25. The molecule has 1 saturated carbocycles. The molecular weight excluding hydrogens is 298 g/mol. The average molecular weight is 317 g/mol. The summed E-state index contributed by atoms with van der Waals surface area (Å²) in [6.07, 6.45) is 3.88. The van der Waals surface area contributed by atoms with Gasteiger partial charge in [0.05, 0.1) is 10.7 Å². The Bertz CT molecular complexity index is 787. The highest BCUT2D eigenvalue weighted by Crippen LogP contribution is 2.38. The predicted octanol–water partition coefficient (Wildman–Crippen LogP) is 2.75. The van der Waals surface area contributed by atoms with E-state index < -0.39 is 0 Å². The quantitative estimate of drug-likeness (QED) is 0.943. The molecule has 0 saturated heterocycles.